The largest absolute Gasteiger partial charge is 0.320 e. The number of unbranched alkanes of at least 4 members (excludes halogenated alkanes) is 3. The van der Waals surface area contributed by atoms with Crippen molar-refractivity contribution in [3.63, 3.8) is 0 Å². The average Bonchev–Trinajstić information content (AvgIpc) is 2.51. The summed E-state index contributed by atoms with van der Waals surface area (Å²) in [6.07, 6.45) is 5.15. The van der Waals surface area contributed by atoms with Crippen molar-refractivity contribution in [2.75, 3.05) is 13.6 Å². The van der Waals surface area contributed by atoms with Crippen LogP contribution in [0.15, 0.2) is 0 Å². The zero-order valence-corrected chi connectivity index (χ0v) is 11.1. The monoisotopic (exact) mass is 223 g/mol. The fourth-order valence-corrected chi connectivity index (χ4v) is 1.92. The zero-order valence-electron chi connectivity index (χ0n) is 11.1. The van der Waals surface area contributed by atoms with Crippen molar-refractivity contribution in [1.82, 2.24) is 15.1 Å². The molecular formula is C13H25N3. The lowest BCUT2D eigenvalue weighted by atomic mass is 10.2. The van der Waals surface area contributed by atoms with Gasteiger partial charge < -0.3 is 5.32 Å². The maximum atomic E-state index is 4.55. The Morgan fingerprint density at radius 1 is 1.06 bits per heavy atom. The van der Waals surface area contributed by atoms with Gasteiger partial charge in [-0.1, -0.05) is 12.8 Å². The highest BCUT2D eigenvalue weighted by molar-refractivity contribution is 5.21. The first-order chi connectivity index (χ1) is 7.66. The summed E-state index contributed by atoms with van der Waals surface area (Å²) in [5.41, 5.74) is 3.84. The van der Waals surface area contributed by atoms with Crippen LogP contribution in [0, 0.1) is 20.8 Å². The summed E-state index contributed by atoms with van der Waals surface area (Å²) in [5.74, 6) is 0. The van der Waals surface area contributed by atoms with Gasteiger partial charge in [0.2, 0.25) is 0 Å². The minimum atomic E-state index is 1.07. The summed E-state index contributed by atoms with van der Waals surface area (Å²) in [6.45, 7) is 8.61. The van der Waals surface area contributed by atoms with E-state index in [0.717, 1.165) is 13.1 Å². The number of rotatable bonds is 7. The molecule has 0 bridgehead atoms. The van der Waals surface area contributed by atoms with Gasteiger partial charge in [0.1, 0.15) is 0 Å². The van der Waals surface area contributed by atoms with E-state index in [0.29, 0.717) is 0 Å². The molecule has 1 aromatic rings. The minimum Gasteiger partial charge on any atom is -0.320 e. The molecule has 3 nitrogen and oxygen atoms in total. The summed E-state index contributed by atoms with van der Waals surface area (Å²) in [6, 6.07) is 0. The quantitative estimate of drug-likeness (QED) is 0.720. The van der Waals surface area contributed by atoms with Crippen LogP contribution in [-0.2, 0) is 6.54 Å². The van der Waals surface area contributed by atoms with Crippen LogP contribution in [0.25, 0.3) is 0 Å². The van der Waals surface area contributed by atoms with Gasteiger partial charge in [-0.2, -0.15) is 5.10 Å². The van der Waals surface area contributed by atoms with Crippen molar-refractivity contribution in [1.29, 1.82) is 0 Å². The van der Waals surface area contributed by atoms with Crippen LogP contribution in [0.3, 0.4) is 0 Å². The summed E-state index contributed by atoms with van der Waals surface area (Å²) >= 11 is 0. The molecule has 0 aliphatic rings. The molecule has 0 aromatic carbocycles. The molecule has 1 rings (SSSR count). The fraction of sp³-hybridized carbons (Fsp3) is 0.769. The van der Waals surface area contributed by atoms with Crippen molar-refractivity contribution in [3.05, 3.63) is 17.0 Å². The Kier molecular flexibility index (Phi) is 5.53. The first-order valence-electron chi connectivity index (χ1n) is 6.32. The lowest BCUT2D eigenvalue weighted by molar-refractivity contribution is 0.520. The molecule has 0 amide bonds. The predicted molar refractivity (Wildman–Crippen MR) is 68.8 cm³/mol. The Labute approximate surface area is 99.2 Å². The van der Waals surface area contributed by atoms with E-state index in [1.54, 1.807) is 0 Å². The molecule has 0 saturated carbocycles. The van der Waals surface area contributed by atoms with Gasteiger partial charge in [0.25, 0.3) is 0 Å². The van der Waals surface area contributed by atoms with Crippen LogP contribution in [-0.4, -0.2) is 23.4 Å². The molecule has 1 heterocycles. The third-order valence-corrected chi connectivity index (χ3v) is 3.29. The number of nitrogens with zero attached hydrogens (tertiary/aromatic N) is 2. The Balaban J connectivity index is 2.24. The number of aromatic nitrogens is 2. The van der Waals surface area contributed by atoms with Gasteiger partial charge in [-0.3, -0.25) is 4.68 Å². The van der Waals surface area contributed by atoms with E-state index in [1.165, 1.54) is 42.6 Å². The maximum Gasteiger partial charge on any atom is 0.0625 e. The van der Waals surface area contributed by atoms with Crippen molar-refractivity contribution < 1.29 is 0 Å². The molecule has 0 atom stereocenters. The normalized spacial score (nSPS) is 11.0. The first-order valence-corrected chi connectivity index (χ1v) is 6.32. The maximum absolute atomic E-state index is 4.55. The Morgan fingerprint density at radius 2 is 1.75 bits per heavy atom. The van der Waals surface area contributed by atoms with Gasteiger partial charge >= 0.3 is 0 Å². The van der Waals surface area contributed by atoms with Crippen molar-refractivity contribution in [3.8, 4) is 0 Å². The predicted octanol–water partition coefficient (Wildman–Crippen LogP) is 2.59. The van der Waals surface area contributed by atoms with Crippen LogP contribution >= 0.6 is 0 Å². The number of nitrogens with one attached hydrogen (secondary N) is 1. The fourth-order valence-electron chi connectivity index (χ4n) is 1.92. The van der Waals surface area contributed by atoms with Crippen molar-refractivity contribution in [2.45, 2.75) is 53.0 Å². The molecular weight excluding hydrogens is 198 g/mol. The SMILES string of the molecule is CNCCCCCCn1nc(C)c(C)c1C. The highest BCUT2D eigenvalue weighted by atomic mass is 15.3. The number of hydrogen-bond acceptors (Lipinski definition) is 2. The van der Waals surface area contributed by atoms with Gasteiger partial charge in [-0.15, -0.1) is 0 Å². The smallest absolute Gasteiger partial charge is 0.0625 e. The third-order valence-electron chi connectivity index (χ3n) is 3.29. The zero-order chi connectivity index (χ0) is 12.0. The molecule has 0 radical (unpaired) electrons. The van der Waals surface area contributed by atoms with Gasteiger partial charge in [-0.05, 0) is 52.8 Å². The highest BCUT2D eigenvalue weighted by Crippen LogP contribution is 2.12. The molecule has 92 valence electrons. The second kappa shape index (κ2) is 6.69. The molecule has 3 heteroatoms. The Bertz CT molecular complexity index is 315. The van der Waals surface area contributed by atoms with Gasteiger partial charge in [0.05, 0.1) is 5.69 Å². The van der Waals surface area contributed by atoms with Crippen LogP contribution in [0.2, 0.25) is 0 Å². The topological polar surface area (TPSA) is 29.9 Å². The molecule has 0 aliphatic heterocycles. The van der Waals surface area contributed by atoms with Crippen molar-refractivity contribution >= 4 is 0 Å². The number of hydrogen-bond donors (Lipinski definition) is 1. The molecule has 0 unspecified atom stereocenters. The van der Waals surface area contributed by atoms with E-state index in [-0.39, 0.29) is 0 Å². The van der Waals surface area contributed by atoms with Crippen molar-refractivity contribution in [2.24, 2.45) is 0 Å². The molecule has 1 aromatic heterocycles. The van der Waals surface area contributed by atoms with E-state index < -0.39 is 0 Å². The molecule has 0 saturated heterocycles. The molecule has 0 spiro atoms. The molecule has 1 N–H and O–H groups in total. The average molecular weight is 223 g/mol. The summed E-state index contributed by atoms with van der Waals surface area (Å²) < 4.78 is 2.16. The summed E-state index contributed by atoms with van der Waals surface area (Å²) in [5, 5.41) is 7.73. The summed E-state index contributed by atoms with van der Waals surface area (Å²) in [7, 11) is 2.01. The summed E-state index contributed by atoms with van der Waals surface area (Å²) in [4.78, 5) is 0. The van der Waals surface area contributed by atoms with Crippen LogP contribution < -0.4 is 5.32 Å². The van der Waals surface area contributed by atoms with Gasteiger partial charge in [-0.25, -0.2) is 0 Å². The van der Waals surface area contributed by atoms with Crippen LogP contribution in [0.4, 0.5) is 0 Å². The van der Waals surface area contributed by atoms with E-state index in [1.807, 2.05) is 7.05 Å². The first kappa shape index (κ1) is 13.2. The lowest BCUT2D eigenvalue weighted by Crippen LogP contribution is -2.07. The van der Waals surface area contributed by atoms with Crippen LogP contribution in [0.1, 0.15) is 42.6 Å². The van der Waals surface area contributed by atoms with E-state index in [2.05, 4.69) is 35.9 Å². The van der Waals surface area contributed by atoms with Crippen LogP contribution in [0.5, 0.6) is 0 Å². The van der Waals surface area contributed by atoms with Gasteiger partial charge in [0.15, 0.2) is 0 Å². The van der Waals surface area contributed by atoms with Gasteiger partial charge in [0, 0.05) is 12.2 Å². The Hall–Kier alpha value is -0.830. The highest BCUT2D eigenvalue weighted by Gasteiger charge is 2.05. The molecule has 0 aliphatic carbocycles. The van der Waals surface area contributed by atoms with E-state index in [9.17, 15) is 0 Å². The van der Waals surface area contributed by atoms with E-state index >= 15 is 0 Å². The second-order valence-electron chi connectivity index (χ2n) is 4.54. The Morgan fingerprint density at radius 3 is 2.31 bits per heavy atom. The standard InChI is InChI=1S/C13H25N3/c1-11-12(2)15-16(13(11)3)10-8-6-5-7-9-14-4/h14H,5-10H2,1-4H3. The third kappa shape index (κ3) is 3.63. The lowest BCUT2D eigenvalue weighted by Gasteiger charge is -2.04. The number of aryl methyl sites for hydroxylation is 2. The minimum absolute atomic E-state index is 1.07. The molecule has 0 fully saturated rings. The second-order valence-corrected chi connectivity index (χ2v) is 4.54. The molecule has 16 heavy (non-hydrogen) atoms. The van der Waals surface area contributed by atoms with E-state index in [4.69, 9.17) is 0 Å².